The van der Waals surface area contributed by atoms with Gasteiger partial charge in [0.25, 0.3) is 5.69 Å². The van der Waals surface area contributed by atoms with E-state index in [1.807, 2.05) is 0 Å². The Morgan fingerprint density at radius 3 is 2.15 bits per heavy atom. The summed E-state index contributed by atoms with van der Waals surface area (Å²) >= 11 is 0. The molecule has 2 aromatic rings. The fourth-order valence-corrected chi connectivity index (χ4v) is 6.69. The molecule has 4 rings (SSSR count). The van der Waals surface area contributed by atoms with Gasteiger partial charge in [-0.2, -0.15) is 0 Å². The van der Waals surface area contributed by atoms with Gasteiger partial charge in [-0.15, -0.1) is 0 Å². The minimum absolute atomic E-state index is 0.0540. The molecule has 0 radical (unpaired) electrons. The van der Waals surface area contributed by atoms with Gasteiger partial charge in [0, 0.05) is 43.7 Å². The van der Waals surface area contributed by atoms with E-state index in [-0.39, 0.29) is 37.4 Å². The lowest BCUT2D eigenvalue weighted by Crippen LogP contribution is -2.55. The molecular formula is C37H49N7O10. The summed E-state index contributed by atoms with van der Waals surface area (Å²) in [5.41, 5.74) is 5.86. The van der Waals surface area contributed by atoms with Crippen molar-refractivity contribution in [1.82, 2.24) is 26.6 Å². The maximum atomic E-state index is 13.9. The number of aliphatic hydroxyl groups is 1. The summed E-state index contributed by atoms with van der Waals surface area (Å²) in [5.74, 6) is -3.67. The van der Waals surface area contributed by atoms with E-state index in [0.29, 0.717) is 30.6 Å². The molecule has 8 N–H and O–H groups in total. The van der Waals surface area contributed by atoms with Gasteiger partial charge < -0.3 is 41.8 Å². The number of nitrogens with two attached hydrogens (primary N) is 1. The molecule has 1 saturated carbocycles. The van der Waals surface area contributed by atoms with Crippen LogP contribution in [0.25, 0.3) is 0 Å². The first-order valence-corrected chi connectivity index (χ1v) is 18.3. The highest BCUT2D eigenvalue weighted by Gasteiger charge is 2.31. The summed E-state index contributed by atoms with van der Waals surface area (Å²) in [6.07, 6.45) is 7.42. The fraction of sp³-hybridized carbons (Fsp3) is 0.514. The second-order valence-electron chi connectivity index (χ2n) is 13.8. The lowest BCUT2D eigenvalue weighted by molar-refractivity contribution is -0.384. The molecule has 0 spiro atoms. The second kappa shape index (κ2) is 20.6. The third kappa shape index (κ3) is 13.4. The molecule has 1 aliphatic carbocycles. The van der Waals surface area contributed by atoms with Crippen molar-refractivity contribution < 1.29 is 43.2 Å². The number of nitro groups is 1. The number of non-ortho nitro benzene ring substituents is 1. The summed E-state index contributed by atoms with van der Waals surface area (Å²) in [6.45, 7) is 0.122. The van der Waals surface area contributed by atoms with Gasteiger partial charge in [0.2, 0.25) is 35.4 Å². The summed E-state index contributed by atoms with van der Waals surface area (Å²) in [7, 11) is 0. The Balaban J connectivity index is 1.61. The van der Waals surface area contributed by atoms with Crippen LogP contribution >= 0.6 is 0 Å². The molecule has 292 valence electrons. The smallest absolute Gasteiger partial charge is 0.269 e. The minimum atomic E-state index is -1.37. The molecule has 6 amide bonds. The molecule has 1 aromatic heterocycles. The number of carbonyl (C=O) groups is 6. The van der Waals surface area contributed by atoms with Crippen LogP contribution in [-0.2, 0) is 41.6 Å². The fourth-order valence-electron chi connectivity index (χ4n) is 6.69. The van der Waals surface area contributed by atoms with Crippen LogP contribution < -0.4 is 32.3 Å². The van der Waals surface area contributed by atoms with Crippen LogP contribution in [0.1, 0.15) is 75.5 Å². The Morgan fingerprint density at radius 1 is 0.833 bits per heavy atom. The van der Waals surface area contributed by atoms with Gasteiger partial charge in [-0.25, -0.2) is 0 Å². The Hall–Kier alpha value is -5.58. The number of benzene rings is 1. The minimum Gasteiger partial charge on any atom is -0.469 e. The van der Waals surface area contributed by atoms with Crippen molar-refractivity contribution in [2.45, 2.75) is 107 Å². The lowest BCUT2D eigenvalue weighted by atomic mass is 9.83. The van der Waals surface area contributed by atoms with E-state index >= 15 is 0 Å². The zero-order valence-electron chi connectivity index (χ0n) is 30.0. The molecule has 17 nitrogen and oxygen atoms in total. The lowest BCUT2D eigenvalue weighted by Gasteiger charge is -2.30. The quantitative estimate of drug-likeness (QED) is 0.148. The van der Waals surface area contributed by atoms with Crippen molar-refractivity contribution in [1.29, 1.82) is 0 Å². The van der Waals surface area contributed by atoms with E-state index < -0.39 is 77.1 Å². The van der Waals surface area contributed by atoms with Gasteiger partial charge in [0.05, 0.1) is 29.8 Å². The van der Waals surface area contributed by atoms with Gasteiger partial charge in [-0.05, 0) is 49.3 Å². The maximum absolute atomic E-state index is 13.9. The molecular weight excluding hydrogens is 702 g/mol. The van der Waals surface area contributed by atoms with Crippen molar-refractivity contribution in [3.05, 3.63) is 76.3 Å². The van der Waals surface area contributed by atoms with Crippen molar-refractivity contribution in [2.24, 2.45) is 11.7 Å². The van der Waals surface area contributed by atoms with Gasteiger partial charge >= 0.3 is 0 Å². The van der Waals surface area contributed by atoms with Crippen molar-refractivity contribution >= 4 is 41.1 Å². The zero-order valence-corrected chi connectivity index (χ0v) is 30.0. The van der Waals surface area contributed by atoms with E-state index in [1.54, 1.807) is 12.1 Å². The molecule has 0 saturated heterocycles. The Labute approximate surface area is 312 Å². The number of nitrogens with zero attached hydrogens (tertiary/aromatic N) is 1. The third-order valence-electron chi connectivity index (χ3n) is 9.62. The monoisotopic (exact) mass is 751 g/mol. The summed E-state index contributed by atoms with van der Waals surface area (Å²) in [4.78, 5) is 89.2. The number of amides is 6. The van der Waals surface area contributed by atoms with E-state index in [4.69, 9.17) is 10.2 Å². The first-order valence-electron chi connectivity index (χ1n) is 18.3. The van der Waals surface area contributed by atoms with Crippen LogP contribution in [0.4, 0.5) is 5.69 Å². The molecule has 54 heavy (non-hydrogen) atoms. The number of nitro benzene ring substituents is 1. The van der Waals surface area contributed by atoms with E-state index in [0.717, 1.165) is 44.3 Å². The van der Waals surface area contributed by atoms with Crippen LogP contribution in [0, 0.1) is 16.0 Å². The molecule has 1 aliphatic heterocycles. The molecule has 17 heteroatoms. The third-order valence-corrected chi connectivity index (χ3v) is 9.62. The number of hydrogen-bond acceptors (Lipinski definition) is 10. The topological polar surface area (TPSA) is 265 Å². The standard InChI is InChI=1S/C37H49N7O10/c38-35(49)27-10-4-5-17-39-36(50)29(20-24-11-13-25(14-12-24)44(52)53)43-37(51)30(21-26-9-6-18-54-26)42-34(48)22-31(45)28(19-23-7-2-1-3-8-23)41-33(47)16-15-32(46)40-27/h6,9,11-16,18,23,27-31,45H,1-5,7-8,10,17,19-22H2,(H2,38,49)(H,39,50)(H,40,46)(H,41,47)(H,42,48)(H,43,51)/b16-15-/t27-,28-,29-,30-,31-/m0/s1. The van der Waals surface area contributed by atoms with E-state index in [2.05, 4.69) is 26.6 Å². The first kappa shape index (κ1) is 41.2. The summed E-state index contributed by atoms with van der Waals surface area (Å²) in [5, 5.41) is 35.8. The predicted molar refractivity (Wildman–Crippen MR) is 194 cm³/mol. The van der Waals surface area contributed by atoms with Crippen molar-refractivity contribution in [2.75, 3.05) is 6.54 Å². The molecule has 0 bridgehead atoms. The van der Waals surface area contributed by atoms with E-state index in [9.17, 15) is 44.0 Å². The Morgan fingerprint density at radius 2 is 1.50 bits per heavy atom. The molecule has 1 aromatic carbocycles. The van der Waals surface area contributed by atoms with Gasteiger partial charge in [0.1, 0.15) is 23.9 Å². The van der Waals surface area contributed by atoms with Gasteiger partial charge in [-0.1, -0.05) is 44.2 Å². The van der Waals surface area contributed by atoms with Crippen LogP contribution in [0.15, 0.2) is 59.2 Å². The highest BCUT2D eigenvalue weighted by atomic mass is 16.6. The highest BCUT2D eigenvalue weighted by molar-refractivity contribution is 5.98. The molecule has 2 heterocycles. The van der Waals surface area contributed by atoms with Crippen LogP contribution in [0.3, 0.4) is 0 Å². The maximum Gasteiger partial charge on any atom is 0.269 e. The normalized spacial score (nSPS) is 25.4. The number of nitrogens with one attached hydrogen (secondary N) is 5. The molecule has 0 unspecified atom stereocenters. The number of rotatable bonds is 8. The zero-order chi connectivity index (χ0) is 39.0. The molecule has 2 aliphatic rings. The average Bonchev–Trinajstić information content (AvgIpc) is 3.66. The van der Waals surface area contributed by atoms with Crippen LogP contribution in [0.5, 0.6) is 0 Å². The average molecular weight is 752 g/mol. The SMILES string of the molecule is NC(=O)[C@@H]1CCCCNC(=O)[C@H](Cc2ccc([N+](=O)[O-])cc2)NC(=O)[C@H](Cc2ccco2)NC(=O)C[C@H](O)[C@H](CC2CCCCC2)NC(=O)/C=C\C(=O)N1. The highest BCUT2D eigenvalue weighted by Crippen LogP contribution is 2.28. The largest absolute Gasteiger partial charge is 0.469 e. The summed E-state index contributed by atoms with van der Waals surface area (Å²) in [6, 6.07) is 4.37. The second-order valence-corrected chi connectivity index (χ2v) is 13.8. The van der Waals surface area contributed by atoms with E-state index in [1.165, 1.54) is 30.5 Å². The molecule has 1 fully saturated rings. The molecule has 5 atom stereocenters. The van der Waals surface area contributed by atoms with Crippen LogP contribution in [-0.4, -0.2) is 82.3 Å². The van der Waals surface area contributed by atoms with Crippen LogP contribution in [0.2, 0.25) is 0 Å². The van der Waals surface area contributed by atoms with Gasteiger partial charge in [-0.3, -0.25) is 38.9 Å². The van der Waals surface area contributed by atoms with Crippen molar-refractivity contribution in [3.63, 3.8) is 0 Å². The summed E-state index contributed by atoms with van der Waals surface area (Å²) < 4.78 is 5.44. The van der Waals surface area contributed by atoms with Gasteiger partial charge in [0.15, 0.2) is 0 Å². The first-order chi connectivity index (χ1) is 25.9. The Kier molecular flexibility index (Phi) is 15.7. The van der Waals surface area contributed by atoms with Crippen molar-refractivity contribution in [3.8, 4) is 0 Å². The number of hydrogen-bond donors (Lipinski definition) is 7. The number of primary amides is 1. The number of carbonyl (C=O) groups excluding carboxylic acids is 6. The number of aliphatic hydroxyl groups excluding tert-OH is 1. The number of furan rings is 1. The Bertz CT molecular complexity index is 1640. The predicted octanol–water partition coefficient (Wildman–Crippen LogP) is 0.975.